The second kappa shape index (κ2) is 33.3. The summed E-state index contributed by atoms with van der Waals surface area (Å²) in [6.07, 6.45) is 33.6. The summed E-state index contributed by atoms with van der Waals surface area (Å²) < 4.78 is 33.1. The molecule has 0 aromatic rings. The number of phosphoric ester groups is 1. The number of rotatable bonds is 33. The van der Waals surface area contributed by atoms with E-state index in [4.69, 9.17) is 23.6 Å². The third-order valence-electron chi connectivity index (χ3n) is 7.00. The normalized spacial score (nSPS) is 15.0. The van der Waals surface area contributed by atoms with Crippen molar-refractivity contribution in [2.24, 2.45) is 0 Å². The van der Waals surface area contributed by atoms with Crippen LogP contribution in [0.1, 0.15) is 129 Å². The molecule has 0 fully saturated rings. The summed E-state index contributed by atoms with van der Waals surface area (Å²) in [7, 11) is -4.52. The molecule has 0 saturated carbocycles. The number of hydrogen-bond donors (Lipinski definition) is 3. The van der Waals surface area contributed by atoms with Crippen molar-refractivity contribution in [2.75, 3.05) is 33.0 Å². The maximum Gasteiger partial charge on any atom is 0.472 e. The zero-order chi connectivity index (χ0) is 34.0. The van der Waals surface area contributed by atoms with Crippen LogP contribution in [-0.4, -0.2) is 66.3 Å². The Balaban J connectivity index is 4.35. The summed E-state index contributed by atoms with van der Waals surface area (Å²) in [6.45, 7) is 3.28. The van der Waals surface area contributed by atoms with Crippen LogP contribution in [0.25, 0.3) is 0 Å². The van der Waals surface area contributed by atoms with Crippen LogP contribution in [-0.2, 0) is 27.9 Å². The highest BCUT2D eigenvalue weighted by atomic mass is 31.2. The van der Waals surface area contributed by atoms with Crippen LogP contribution in [0, 0.1) is 0 Å². The van der Waals surface area contributed by atoms with Gasteiger partial charge in [-0.2, -0.15) is 0 Å². The largest absolute Gasteiger partial charge is 0.472 e. The number of carbonyl (C=O) groups is 1. The Morgan fingerprint density at radius 3 is 1.89 bits per heavy atom. The summed E-state index contributed by atoms with van der Waals surface area (Å²) >= 11 is 0. The van der Waals surface area contributed by atoms with E-state index in [1.54, 1.807) is 0 Å². The Morgan fingerprint density at radius 2 is 1.24 bits per heavy atom. The third-order valence-corrected chi connectivity index (χ3v) is 7.95. The molecule has 0 aromatic carbocycles. The molecule has 3 N–H and O–H groups in total. The van der Waals surface area contributed by atoms with E-state index in [1.807, 2.05) is 0 Å². The standard InChI is InChI=1S/C36H65O9P/c1-3-5-7-9-11-13-15-17-18-20-22-24-26-28-36(39)45-35(33-44-46(40,41)43-31-34(38)30-37)32-42-29-27-25-23-21-19-16-14-12-10-8-6-4-2/h5,7,10-13,17-18,34-35,37-38H,3-4,6,8-9,14-16,19-33H2,1-2H3,(H,40,41)/b7-5-,12-10-,13-11-,18-17-. The third kappa shape index (κ3) is 32.4. The molecule has 0 bridgehead atoms. The fourth-order valence-electron chi connectivity index (χ4n) is 4.29. The van der Waals surface area contributed by atoms with Crippen LogP contribution < -0.4 is 0 Å². The average Bonchev–Trinajstić information content (AvgIpc) is 3.04. The van der Waals surface area contributed by atoms with Gasteiger partial charge in [-0.15, -0.1) is 0 Å². The highest BCUT2D eigenvalue weighted by Crippen LogP contribution is 2.43. The van der Waals surface area contributed by atoms with Crippen molar-refractivity contribution in [2.45, 2.75) is 142 Å². The minimum atomic E-state index is -4.52. The molecule has 0 heterocycles. The predicted octanol–water partition coefficient (Wildman–Crippen LogP) is 8.69. The Bertz CT molecular complexity index is 856. The lowest BCUT2D eigenvalue weighted by molar-refractivity contribution is -0.154. The molecule has 0 aliphatic heterocycles. The summed E-state index contributed by atoms with van der Waals surface area (Å²) in [5, 5.41) is 18.2. The Morgan fingerprint density at radius 1 is 0.696 bits per heavy atom. The first-order chi connectivity index (χ1) is 22.3. The summed E-state index contributed by atoms with van der Waals surface area (Å²) in [4.78, 5) is 22.4. The zero-order valence-corrected chi connectivity index (χ0v) is 29.7. The molecule has 0 amide bonds. The number of phosphoric acid groups is 1. The van der Waals surface area contributed by atoms with Gasteiger partial charge in [-0.1, -0.05) is 107 Å². The molecule has 46 heavy (non-hydrogen) atoms. The highest BCUT2D eigenvalue weighted by molar-refractivity contribution is 7.47. The number of unbranched alkanes of at least 4 members (excludes halogenated alkanes) is 11. The van der Waals surface area contributed by atoms with Gasteiger partial charge in [-0.25, -0.2) is 4.57 Å². The zero-order valence-electron chi connectivity index (χ0n) is 28.8. The lowest BCUT2D eigenvalue weighted by atomic mass is 10.1. The lowest BCUT2D eigenvalue weighted by Crippen LogP contribution is -2.29. The summed E-state index contributed by atoms with van der Waals surface area (Å²) in [6, 6.07) is 0. The van der Waals surface area contributed by atoms with Gasteiger partial charge in [-0.05, 0) is 64.2 Å². The molecule has 0 radical (unpaired) electrons. The molecule has 10 heteroatoms. The molecule has 0 saturated heterocycles. The van der Waals surface area contributed by atoms with Gasteiger partial charge in [0.1, 0.15) is 12.2 Å². The van der Waals surface area contributed by atoms with E-state index < -0.39 is 45.8 Å². The minimum Gasteiger partial charge on any atom is -0.457 e. The van der Waals surface area contributed by atoms with Gasteiger partial charge in [0.05, 0.1) is 26.4 Å². The predicted molar refractivity (Wildman–Crippen MR) is 187 cm³/mol. The molecule has 0 aliphatic rings. The summed E-state index contributed by atoms with van der Waals surface area (Å²) in [5.74, 6) is -0.417. The number of ether oxygens (including phenoxy) is 2. The van der Waals surface area contributed by atoms with Gasteiger partial charge in [0.25, 0.3) is 0 Å². The van der Waals surface area contributed by atoms with Gasteiger partial charge in [0.15, 0.2) is 0 Å². The van der Waals surface area contributed by atoms with E-state index in [0.717, 1.165) is 64.2 Å². The molecule has 0 spiro atoms. The van der Waals surface area contributed by atoms with E-state index in [-0.39, 0.29) is 13.0 Å². The van der Waals surface area contributed by atoms with Gasteiger partial charge in [0, 0.05) is 13.0 Å². The fourth-order valence-corrected chi connectivity index (χ4v) is 5.08. The molecule has 3 unspecified atom stereocenters. The monoisotopic (exact) mass is 672 g/mol. The molecule has 9 nitrogen and oxygen atoms in total. The highest BCUT2D eigenvalue weighted by Gasteiger charge is 2.26. The second-order valence-corrected chi connectivity index (χ2v) is 13.0. The van der Waals surface area contributed by atoms with Crippen LogP contribution in [0.15, 0.2) is 48.6 Å². The van der Waals surface area contributed by atoms with Crippen molar-refractivity contribution in [3.63, 3.8) is 0 Å². The van der Waals surface area contributed by atoms with E-state index in [2.05, 4.69) is 62.5 Å². The van der Waals surface area contributed by atoms with Crippen molar-refractivity contribution in [3.8, 4) is 0 Å². The number of aliphatic hydroxyl groups is 2. The maximum atomic E-state index is 12.5. The first-order valence-corrected chi connectivity index (χ1v) is 19.1. The molecular formula is C36H65O9P. The van der Waals surface area contributed by atoms with Crippen LogP contribution in [0.5, 0.6) is 0 Å². The van der Waals surface area contributed by atoms with Crippen LogP contribution in [0.3, 0.4) is 0 Å². The lowest BCUT2D eigenvalue weighted by Gasteiger charge is -2.20. The van der Waals surface area contributed by atoms with Crippen molar-refractivity contribution in [1.82, 2.24) is 0 Å². The van der Waals surface area contributed by atoms with E-state index in [9.17, 15) is 19.4 Å². The van der Waals surface area contributed by atoms with Gasteiger partial charge < -0.3 is 24.6 Å². The van der Waals surface area contributed by atoms with Crippen LogP contribution in [0.4, 0.5) is 0 Å². The molecule has 0 aromatic heterocycles. The minimum absolute atomic E-state index is 0.0313. The maximum absolute atomic E-state index is 12.5. The van der Waals surface area contributed by atoms with E-state index in [1.165, 1.54) is 38.5 Å². The number of allylic oxidation sites excluding steroid dienone is 8. The topological polar surface area (TPSA) is 132 Å². The molecular weight excluding hydrogens is 607 g/mol. The van der Waals surface area contributed by atoms with Crippen LogP contribution >= 0.6 is 7.82 Å². The number of hydrogen-bond acceptors (Lipinski definition) is 8. The Labute approximate surface area is 279 Å². The number of aliphatic hydroxyl groups excluding tert-OH is 2. The first-order valence-electron chi connectivity index (χ1n) is 17.6. The second-order valence-electron chi connectivity index (χ2n) is 11.5. The first kappa shape index (κ1) is 44.4. The molecule has 0 aliphatic carbocycles. The summed E-state index contributed by atoms with van der Waals surface area (Å²) in [5.41, 5.74) is 0. The van der Waals surface area contributed by atoms with E-state index in [0.29, 0.717) is 13.0 Å². The fraction of sp³-hybridized carbons (Fsp3) is 0.750. The molecule has 268 valence electrons. The van der Waals surface area contributed by atoms with Crippen molar-refractivity contribution in [3.05, 3.63) is 48.6 Å². The van der Waals surface area contributed by atoms with Gasteiger partial charge >= 0.3 is 13.8 Å². The van der Waals surface area contributed by atoms with Crippen LogP contribution in [0.2, 0.25) is 0 Å². The molecule has 0 rings (SSSR count). The van der Waals surface area contributed by atoms with E-state index >= 15 is 0 Å². The van der Waals surface area contributed by atoms with Gasteiger partial charge in [0.2, 0.25) is 0 Å². The molecule has 3 atom stereocenters. The van der Waals surface area contributed by atoms with Crippen molar-refractivity contribution < 1.29 is 43.0 Å². The smallest absolute Gasteiger partial charge is 0.457 e. The Kier molecular flexibility index (Phi) is 32.2. The van der Waals surface area contributed by atoms with Crippen molar-refractivity contribution >= 4 is 13.8 Å². The number of carbonyl (C=O) groups excluding carboxylic acids is 1. The quantitative estimate of drug-likeness (QED) is 0.0271. The number of esters is 1. The average molecular weight is 673 g/mol. The van der Waals surface area contributed by atoms with Gasteiger partial charge in [-0.3, -0.25) is 13.8 Å². The van der Waals surface area contributed by atoms with Crippen molar-refractivity contribution in [1.29, 1.82) is 0 Å². The Hall–Kier alpha value is -1.58. The SMILES string of the molecule is CC/C=C\C/C=C\C/C=C\CCCCCC(=O)OC(COCCCCCCCC/C=C\CCCC)COP(=O)(O)OCC(O)CO.